The monoisotopic (exact) mass is 467 g/mol. The van der Waals surface area contributed by atoms with Crippen LogP contribution in [0.3, 0.4) is 0 Å². The summed E-state index contributed by atoms with van der Waals surface area (Å²) in [7, 11) is 0. The SMILES string of the molecule is Cc1ccc(OCn2cc(NC(=O)Cn3nc(C(F)(F)F)c(Cl)c3C3CC3)cn2)c(C)c1. The summed E-state index contributed by atoms with van der Waals surface area (Å²) >= 11 is 5.94. The summed E-state index contributed by atoms with van der Waals surface area (Å²) in [6.45, 7) is 3.69. The van der Waals surface area contributed by atoms with Crippen molar-refractivity contribution in [2.24, 2.45) is 0 Å². The zero-order valence-corrected chi connectivity index (χ0v) is 18.2. The summed E-state index contributed by atoms with van der Waals surface area (Å²) in [6.07, 6.45) is -0.239. The molecule has 4 rings (SSSR count). The lowest BCUT2D eigenvalue weighted by atomic mass is 10.1. The van der Waals surface area contributed by atoms with Gasteiger partial charge in [0.15, 0.2) is 12.4 Å². The molecule has 7 nitrogen and oxygen atoms in total. The molecule has 0 bridgehead atoms. The lowest BCUT2D eigenvalue weighted by Gasteiger charge is -2.09. The van der Waals surface area contributed by atoms with Crippen LogP contribution in [0, 0.1) is 13.8 Å². The van der Waals surface area contributed by atoms with Crippen LogP contribution in [-0.4, -0.2) is 25.5 Å². The topological polar surface area (TPSA) is 74.0 Å². The van der Waals surface area contributed by atoms with Crippen molar-refractivity contribution >= 4 is 23.2 Å². The molecule has 1 amide bonds. The number of nitrogens with one attached hydrogen (secondary N) is 1. The van der Waals surface area contributed by atoms with Crippen LogP contribution in [0.15, 0.2) is 30.6 Å². The molecule has 11 heteroatoms. The molecule has 170 valence electrons. The Labute approximate surface area is 187 Å². The fourth-order valence-corrected chi connectivity index (χ4v) is 3.83. The Bertz CT molecular complexity index is 1150. The van der Waals surface area contributed by atoms with Crippen LogP contribution in [0.5, 0.6) is 5.75 Å². The van der Waals surface area contributed by atoms with Gasteiger partial charge in [-0.2, -0.15) is 23.4 Å². The number of anilines is 1. The van der Waals surface area contributed by atoms with Crippen molar-refractivity contribution in [1.29, 1.82) is 0 Å². The number of aryl methyl sites for hydroxylation is 2. The Morgan fingerprint density at radius 1 is 1.31 bits per heavy atom. The molecule has 0 radical (unpaired) electrons. The second kappa shape index (κ2) is 8.50. The van der Waals surface area contributed by atoms with E-state index in [0.717, 1.165) is 34.4 Å². The van der Waals surface area contributed by atoms with E-state index in [2.05, 4.69) is 15.5 Å². The Kier molecular flexibility index (Phi) is 5.89. The van der Waals surface area contributed by atoms with Gasteiger partial charge in [0.05, 0.1) is 28.8 Å². The lowest BCUT2D eigenvalue weighted by molar-refractivity contribution is -0.141. The molecule has 0 unspecified atom stereocenters. The number of hydrogen-bond acceptors (Lipinski definition) is 4. The molecule has 1 N–H and O–H groups in total. The number of rotatable bonds is 7. The molecular weight excluding hydrogens is 447 g/mol. The number of carbonyl (C=O) groups is 1. The summed E-state index contributed by atoms with van der Waals surface area (Å²) in [5, 5.41) is 9.89. The van der Waals surface area contributed by atoms with Crippen molar-refractivity contribution in [3.63, 3.8) is 0 Å². The van der Waals surface area contributed by atoms with E-state index in [-0.39, 0.29) is 24.9 Å². The van der Waals surface area contributed by atoms with Gasteiger partial charge in [0, 0.05) is 5.92 Å². The Morgan fingerprint density at radius 3 is 2.72 bits per heavy atom. The van der Waals surface area contributed by atoms with Gasteiger partial charge in [-0.3, -0.25) is 9.48 Å². The third kappa shape index (κ3) is 4.90. The average Bonchev–Trinajstić information content (AvgIpc) is 3.34. The fraction of sp³-hybridized carbons (Fsp3) is 0.381. The van der Waals surface area contributed by atoms with Crippen LogP contribution >= 0.6 is 11.6 Å². The van der Waals surface area contributed by atoms with Crippen molar-refractivity contribution in [3.05, 3.63) is 58.1 Å². The first kappa shape index (κ1) is 22.2. The highest BCUT2D eigenvalue weighted by atomic mass is 35.5. The Hall–Kier alpha value is -3.01. The van der Waals surface area contributed by atoms with Gasteiger partial charge in [0.25, 0.3) is 0 Å². The zero-order chi connectivity index (χ0) is 23.0. The molecular formula is C21H21ClF3N5O2. The van der Waals surface area contributed by atoms with E-state index >= 15 is 0 Å². The summed E-state index contributed by atoms with van der Waals surface area (Å²) in [5.41, 5.74) is 1.61. The number of nitrogens with zero attached hydrogens (tertiary/aromatic N) is 4. The average molecular weight is 468 g/mol. The molecule has 3 aromatic rings. The molecule has 0 saturated heterocycles. The van der Waals surface area contributed by atoms with Crippen LogP contribution in [0.2, 0.25) is 5.02 Å². The van der Waals surface area contributed by atoms with Crippen LogP contribution in [0.25, 0.3) is 0 Å². The van der Waals surface area contributed by atoms with Crippen molar-refractivity contribution in [3.8, 4) is 5.75 Å². The first-order valence-electron chi connectivity index (χ1n) is 9.97. The standard InChI is InChI=1S/C21H21ClF3N5O2/c1-12-3-6-16(13(2)7-12)32-11-29-9-15(8-26-29)27-17(31)10-30-19(14-4-5-14)18(22)20(28-30)21(23,24)25/h3,6-9,14H,4-5,10-11H2,1-2H3,(H,27,31). The zero-order valence-electron chi connectivity index (χ0n) is 17.4. The highest BCUT2D eigenvalue weighted by Gasteiger charge is 2.42. The minimum atomic E-state index is -4.68. The number of hydrogen-bond donors (Lipinski definition) is 1. The highest BCUT2D eigenvalue weighted by molar-refractivity contribution is 6.32. The summed E-state index contributed by atoms with van der Waals surface area (Å²) in [4.78, 5) is 12.4. The number of amides is 1. The van der Waals surface area contributed by atoms with Gasteiger partial charge >= 0.3 is 6.18 Å². The van der Waals surface area contributed by atoms with Gasteiger partial charge in [-0.15, -0.1) is 0 Å². The van der Waals surface area contributed by atoms with Gasteiger partial charge in [0.2, 0.25) is 5.91 Å². The normalized spacial score (nSPS) is 13.9. The number of carbonyl (C=O) groups excluding carboxylic acids is 1. The van der Waals surface area contributed by atoms with Crippen LogP contribution in [0.1, 0.15) is 41.3 Å². The van der Waals surface area contributed by atoms with Crippen LogP contribution < -0.4 is 10.1 Å². The molecule has 1 aromatic carbocycles. The molecule has 1 aliphatic carbocycles. The molecule has 32 heavy (non-hydrogen) atoms. The predicted octanol–water partition coefficient (Wildman–Crippen LogP) is 4.92. The maximum atomic E-state index is 13.2. The molecule has 0 atom stereocenters. The van der Waals surface area contributed by atoms with Gasteiger partial charge in [-0.25, -0.2) is 4.68 Å². The quantitative estimate of drug-likeness (QED) is 0.535. The van der Waals surface area contributed by atoms with Crippen molar-refractivity contribution < 1.29 is 22.7 Å². The van der Waals surface area contributed by atoms with Crippen LogP contribution in [-0.2, 0) is 24.2 Å². The van der Waals surface area contributed by atoms with Crippen LogP contribution in [0.4, 0.5) is 18.9 Å². The Balaban J connectivity index is 1.40. The molecule has 1 fully saturated rings. The fourth-order valence-electron chi connectivity index (χ4n) is 3.43. The summed E-state index contributed by atoms with van der Waals surface area (Å²) < 4.78 is 47.8. The summed E-state index contributed by atoms with van der Waals surface area (Å²) in [6, 6.07) is 5.82. The maximum absolute atomic E-state index is 13.2. The molecule has 0 spiro atoms. The first-order chi connectivity index (χ1) is 15.1. The first-order valence-corrected chi connectivity index (χ1v) is 10.4. The minimum Gasteiger partial charge on any atom is -0.471 e. The summed E-state index contributed by atoms with van der Waals surface area (Å²) in [5.74, 6) is 0.0824. The number of aromatic nitrogens is 4. The number of benzene rings is 1. The molecule has 1 saturated carbocycles. The van der Waals surface area contributed by atoms with E-state index in [0.29, 0.717) is 5.69 Å². The van der Waals surface area contributed by atoms with E-state index < -0.39 is 22.8 Å². The van der Waals surface area contributed by atoms with Crippen molar-refractivity contribution in [1.82, 2.24) is 19.6 Å². The number of alkyl halides is 3. The van der Waals surface area contributed by atoms with Gasteiger partial charge < -0.3 is 10.1 Å². The van der Waals surface area contributed by atoms with Crippen molar-refractivity contribution in [2.45, 2.75) is 52.1 Å². The number of halogens is 4. The minimum absolute atomic E-state index is 0.107. The highest BCUT2D eigenvalue weighted by Crippen LogP contribution is 2.46. The van der Waals surface area contributed by atoms with E-state index in [1.807, 2.05) is 32.0 Å². The molecule has 2 aromatic heterocycles. The second-order valence-electron chi connectivity index (χ2n) is 7.84. The second-order valence-corrected chi connectivity index (χ2v) is 8.21. The van der Waals surface area contributed by atoms with Crippen molar-refractivity contribution in [2.75, 3.05) is 5.32 Å². The van der Waals surface area contributed by atoms with E-state index in [4.69, 9.17) is 16.3 Å². The van der Waals surface area contributed by atoms with Gasteiger partial charge in [-0.1, -0.05) is 29.3 Å². The predicted molar refractivity (Wildman–Crippen MR) is 112 cm³/mol. The van der Waals surface area contributed by atoms with E-state index in [1.54, 1.807) is 6.20 Å². The third-order valence-corrected chi connectivity index (χ3v) is 5.43. The lowest BCUT2D eigenvalue weighted by Crippen LogP contribution is -2.21. The maximum Gasteiger partial charge on any atom is 0.436 e. The molecule has 2 heterocycles. The van der Waals surface area contributed by atoms with Gasteiger partial charge in [-0.05, 0) is 38.3 Å². The number of ether oxygens (including phenoxy) is 1. The molecule has 0 aliphatic heterocycles. The van der Waals surface area contributed by atoms with E-state index in [1.165, 1.54) is 10.9 Å². The van der Waals surface area contributed by atoms with Gasteiger partial charge in [0.1, 0.15) is 12.3 Å². The molecule has 1 aliphatic rings. The smallest absolute Gasteiger partial charge is 0.436 e. The van der Waals surface area contributed by atoms with E-state index in [9.17, 15) is 18.0 Å². The largest absolute Gasteiger partial charge is 0.471 e. The Morgan fingerprint density at radius 2 is 2.06 bits per heavy atom. The third-order valence-electron chi connectivity index (χ3n) is 5.06.